The minimum Gasteiger partial charge on any atom is -0.507 e. The molecule has 0 aromatic heterocycles. The van der Waals surface area contributed by atoms with Crippen LogP contribution in [0.15, 0.2) is 42.5 Å². The van der Waals surface area contributed by atoms with Crippen molar-refractivity contribution in [2.45, 2.75) is 50.3 Å². The zero-order chi connectivity index (χ0) is 34.2. The number of carbonyl (C=O) groups is 1. The second-order valence-corrected chi connectivity index (χ2v) is 11.7. The molecule has 9 N–H and O–H groups in total. The van der Waals surface area contributed by atoms with Crippen molar-refractivity contribution in [3.05, 3.63) is 81.4 Å². The topological polar surface area (TPSA) is 236 Å². The van der Waals surface area contributed by atoms with E-state index in [0.717, 1.165) is 0 Å². The summed E-state index contributed by atoms with van der Waals surface area (Å²) in [5.41, 5.74) is -0.0533. The number of fused-ring (bicyclic) bond motifs is 6. The minimum atomic E-state index is -1.75. The summed E-state index contributed by atoms with van der Waals surface area (Å²) in [6, 6.07) is 8.83. The number of carbonyl (C=O) groups excluding carboxylic acids is 1. The lowest BCUT2D eigenvalue weighted by molar-refractivity contribution is 0.0154. The largest absolute Gasteiger partial charge is 0.507 e. The molecule has 3 aliphatic heterocycles. The number of phenolic OH excluding ortho intramolecular Hbond substituents is 6. The Balaban J connectivity index is 1.37. The van der Waals surface area contributed by atoms with E-state index in [2.05, 4.69) is 0 Å². The van der Waals surface area contributed by atoms with Crippen molar-refractivity contribution in [2.24, 2.45) is 0 Å². The van der Waals surface area contributed by atoms with Crippen molar-refractivity contribution >= 4 is 5.97 Å². The Morgan fingerprint density at radius 1 is 0.708 bits per heavy atom. The van der Waals surface area contributed by atoms with Crippen LogP contribution in [0.1, 0.15) is 69.0 Å². The number of benzene rings is 4. The highest BCUT2D eigenvalue weighted by Crippen LogP contribution is 2.59. The Kier molecular flexibility index (Phi) is 7.31. The maximum atomic E-state index is 13.3. The van der Waals surface area contributed by atoms with Gasteiger partial charge in [0.25, 0.3) is 0 Å². The van der Waals surface area contributed by atoms with Gasteiger partial charge in [-0.1, -0.05) is 12.1 Å². The van der Waals surface area contributed by atoms with Crippen molar-refractivity contribution in [1.82, 2.24) is 0 Å². The maximum Gasteiger partial charge on any atom is 0.345 e. The molecule has 14 heteroatoms. The van der Waals surface area contributed by atoms with Gasteiger partial charge in [0.1, 0.15) is 52.3 Å². The third-order valence-corrected chi connectivity index (χ3v) is 8.78. The van der Waals surface area contributed by atoms with E-state index in [1.807, 2.05) is 0 Å². The third kappa shape index (κ3) is 4.72. The van der Waals surface area contributed by atoms with Gasteiger partial charge in [0.15, 0.2) is 29.1 Å². The summed E-state index contributed by atoms with van der Waals surface area (Å²) in [7, 11) is 0. The van der Waals surface area contributed by atoms with Crippen LogP contribution in [-0.2, 0) is 17.6 Å². The SMILES string of the molecule is CCOC(=O)c1c(O)c2c(c3c1O[C@@H](c1ccc(O)c(O)c1)[C@H](O)C3)Oc1cc(O)c3c(c1C2O)O[C@H](c1ccc(O)c(O)c1)[C@@H](O)C3. The van der Waals surface area contributed by atoms with Gasteiger partial charge in [-0.05, 0) is 42.3 Å². The van der Waals surface area contributed by atoms with Crippen LogP contribution >= 0.6 is 0 Å². The van der Waals surface area contributed by atoms with E-state index in [-0.39, 0.29) is 81.6 Å². The van der Waals surface area contributed by atoms with Crippen LogP contribution in [0.4, 0.5) is 0 Å². The van der Waals surface area contributed by atoms with Crippen LogP contribution in [0.25, 0.3) is 0 Å². The predicted molar refractivity (Wildman–Crippen MR) is 162 cm³/mol. The molecule has 0 saturated carbocycles. The molecule has 4 aromatic carbocycles. The van der Waals surface area contributed by atoms with Crippen molar-refractivity contribution in [1.29, 1.82) is 0 Å². The Hall–Kier alpha value is -5.57. The Bertz CT molecular complexity index is 1990. The number of ether oxygens (including phenoxy) is 4. The number of hydrogen-bond donors (Lipinski definition) is 9. The Morgan fingerprint density at radius 3 is 1.83 bits per heavy atom. The molecule has 0 spiro atoms. The molecule has 0 amide bonds. The van der Waals surface area contributed by atoms with Crippen LogP contribution in [0.3, 0.4) is 0 Å². The number of aliphatic hydroxyl groups is 3. The molecule has 0 radical (unpaired) electrons. The second kappa shape index (κ2) is 11.3. The zero-order valence-corrected chi connectivity index (χ0v) is 25.1. The molecule has 3 heterocycles. The van der Waals surface area contributed by atoms with E-state index in [1.165, 1.54) is 42.5 Å². The van der Waals surface area contributed by atoms with E-state index >= 15 is 0 Å². The van der Waals surface area contributed by atoms with Gasteiger partial charge < -0.3 is 64.9 Å². The lowest BCUT2D eigenvalue weighted by Gasteiger charge is -2.38. The van der Waals surface area contributed by atoms with Gasteiger partial charge in [0, 0.05) is 30.0 Å². The fourth-order valence-electron chi connectivity index (χ4n) is 6.51. The highest BCUT2D eigenvalue weighted by Gasteiger charge is 2.45. The van der Waals surface area contributed by atoms with E-state index in [1.54, 1.807) is 6.92 Å². The quantitative estimate of drug-likeness (QED) is 0.113. The van der Waals surface area contributed by atoms with E-state index in [9.17, 15) is 50.8 Å². The first-order valence-electron chi connectivity index (χ1n) is 15.0. The standard InChI is InChI=1S/C34H30O14/c1-2-45-34(44)26-28(43)25-27(42)24-23(11-18(37)14-9-21(40)29(47-31(14)24)12-3-5-16(35)19(38)7-12)46-32(25)15-10-22(41)30(48-33(15)26)13-4-6-17(36)20(39)8-13/h3-8,11,21-22,27,29-30,35-43H,2,9-10H2,1H3/t21-,22+,27?,29+,30-/m0/s1. The Morgan fingerprint density at radius 2 is 1.27 bits per heavy atom. The summed E-state index contributed by atoms with van der Waals surface area (Å²) in [5.74, 6) is -4.36. The van der Waals surface area contributed by atoms with Gasteiger partial charge in [-0.25, -0.2) is 4.79 Å². The van der Waals surface area contributed by atoms with Crippen molar-refractivity contribution in [3.8, 4) is 57.5 Å². The average molecular weight is 663 g/mol. The molecule has 0 saturated heterocycles. The molecule has 3 aliphatic rings. The van der Waals surface area contributed by atoms with Crippen molar-refractivity contribution < 1.29 is 69.7 Å². The van der Waals surface area contributed by atoms with Gasteiger partial charge in [-0.3, -0.25) is 0 Å². The summed E-state index contributed by atoms with van der Waals surface area (Å²) < 4.78 is 23.6. The fourth-order valence-corrected chi connectivity index (χ4v) is 6.51. The number of aromatic hydroxyl groups is 6. The minimum absolute atomic E-state index is 0.0463. The zero-order valence-electron chi connectivity index (χ0n) is 25.1. The second-order valence-electron chi connectivity index (χ2n) is 11.7. The third-order valence-electron chi connectivity index (χ3n) is 8.78. The summed E-state index contributed by atoms with van der Waals surface area (Å²) in [6.07, 6.45) is -6.97. The van der Waals surface area contributed by atoms with Crippen molar-refractivity contribution in [3.63, 3.8) is 0 Å². The van der Waals surface area contributed by atoms with Crippen LogP contribution in [0.2, 0.25) is 0 Å². The highest BCUT2D eigenvalue weighted by atomic mass is 16.5. The number of hydrogen-bond acceptors (Lipinski definition) is 14. The van der Waals surface area contributed by atoms with Crippen LogP contribution in [0.5, 0.6) is 57.5 Å². The predicted octanol–water partition coefficient (Wildman–Crippen LogP) is 3.36. The molecule has 5 atom stereocenters. The first-order valence-corrected chi connectivity index (χ1v) is 15.0. The molecular formula is C34H30O14. The molecule has 48 heavy (non-hydrogen) atoms. The van der Waals surface area contributed by atoms with Crippen LogP contribution < -0.4 is 14.2 Å². The van der Waals surface area contributed by atoms with Gasteiger partial charge in [0.05, 0.1) is 29.9 Å². The van der Waals surface area contributed by atoms with Crippen molar-refractivity contribution in [2.75, 3.05) is 6.61 Å². The summed E-state index contributed by atoms with van der Waals surface area (Å²) >= 11 is 0. The van der Waals surface area contributed by atoms with E-state index in [4.69, 9.17) is 18.9 Å². The first-order chi connectivity index (χ1) is 22.9. The smallest absolute Gasteiger partial charge is 0.345 e. The van der Waals surface area contributed by atoms with Gasteiger partial charge in [-0.2, -0.15) is 0 Å². The maximum absolute atomic E-state index is 13.3. The molecule has 0 fully saturated rings. The molecule has 7 rings (SSSR count). The first kappa shape index (κ1) is 31.1. The molecule has 14 nitrogen and oxygen atoms in total. The molecule has 0 bridgehead atoms. The number of rotatable bonds is 4. The number of esters is 1. The molecule has 4 aromatic rings. The number of aliphatic hydroxyl groups excluding tert-OH is 3. The lowest BCUT2D eigenvalue weighted by Crippen LogP contribution is -2.33. The van der Waals surface area contributed by atoms with Crippen LogP contribution in [0, 0.1) is 0 Å². The molecule has 0 aliphatic carbocycles. The average Bonchev–Trinajstić information content (AvgIpc) is 3.04. The summed E-state index contributed by atoms with van der Waals surface area (Å²) in [4.78, 5) is 13.3. The molecule has 250 valence electrons. The van der Waals surface area contributed by atoms with Gasteiger partial charge in [0.2, 0.25) is 0 Å². The lowest BCUT2D eigenvalue weighted by atomic mass is 9.84. The summed E-state index contributed by atoms with van der Waals surface area (Å²) in [5, 5.41) is 96.3. The monoisotopic (exact) mass is 662 g/mol. The fraction of sp³-hybridized carbons (Fsp3) is 0.265. The molecular weight excluding hydrogens is 632 g/mol. The van der Waals surface area contributed by atoms with Gasteiger partial charge >= 0.3 is 5.97 Å². The normalized spacial score (nSPS) is 22.1. The van der Waals surface area contributed by atoms with E-state index < -0.39 is 70.8 Å². The van der Waals surface area contributed by atoms with E-state index in [0.29, 0.717) is 0 Å². The van der Waals surface area contributed by atoms with Crippen LogP contribution in [-0.4, -0.2) is 70.7 Å². The Labute approximate surface area is 271 Å². The summed E-state index contributed by atoms with van der Waals surface area (Å²) in [6.45, 7) is 1.47. The molecule has 1 unspecified atom stereocenters. The highest BCUT2D eigenvalue weighted by molar-refractivity contribution is 5.98. The number of phenols is 6. The van der Waals surface area contributed by atoms with Gasteiger partial charge in [-0.15, -0.1) is 0 Å².